The van der Waals surface area contributed by atoms with Gasteiger partial charge in [-0.25, -0.2) is 0 Å². The van der Waals surface area contributed by atoms with E-state index in [1.54, 1.807) is 4.90 Å². The lowest BCUT2D eigenvalue weighted by Crippen LogP contribution is -2.25. The van der Waals surface area contributed by atoms with E-state index in [1.165, 1.54) is 5.56 Å². The van der Waals surface area contributed by atoms with E-state index in [9.17, 15) is 4.79 Å². The number of fused-ring (bicyclic) bond motifs is 1. The lowest BCUT2D eigenvalue weighted by molar-refractivity contribution is -0.118. The van der Waals surface area contributed by atoms with E-state index in [0.717, 1.165) is 17.9 Å². The van der Waals surface area contributed by atoms with Gasteiger partial charge in [0.15, 0.2) is 0 Å². The maximum absolute atomic E-state index is 11.8. The minimum absolute atomic E-state index is 0.116. The second kappa shape index (κ2) is 4.78. The van der Waals surface area contributed by atoms with Crippen molar-refractivity contribution >= 4 is 11.6 Å². The molecule has 0 radical (unpaired) electrons. The van der Waals surface area contributed by atoms with Crippen LogP contribution in [0.2, 0.25) is 0 Å². The summed E-state index contributed by atoms with van der Waals surface area (Å²) in [6.07, 6.45) is 1.47. The number of amides is 1. The molecule has 1 amide bonds. The van der Waals surface area contributed by atoms with Gasteiger partial charge in [0, 0.05) is 7.05 Å². The monoisotopic (exact) mass is 233 g/mol. The summed E-state index contributed by atoms with van der Waals surface area (Å²) in [5, 5.41) is 0. The fourth-order valence-electron chi connectivity index (χ4n) is 2.10. The van der Waals surface area contributed by atoms with Gasteiger partial charge in [-0.15, -0.1) is 0 Å². The summed E-state index contributed by atoms with van der Waals surface area (Å²) >= 11 is 0. The number of anilines is 1. The summed E-state index contributed by atoms with van der Waals surface area (Å²) in [7, 11) is 1.81. The SMILES string of the molecule is CC(C)Cc1ccc2c(c1)N(C)C(=O)CCO2. The molecule has 1 heterocycles. The highest BCUT2D eigenvalue weighted by Crippen LogP contribution is 2.32. The second-order valence-electron chi connectivity index (χ2n) is 4.95. The Labute approximate surface area is 102 Å². The van der Waals surface area contributed by atoms with Gasteiger partial charge >= 0.3 is 0 Å². The lowest BCUT2D eigenvalue weighted by Gasteiger charge is -2.17. The van der Waals surface area contributed by atoms with E-state index in [0.29, 0.717) is 18.9 Å². The number of rotatable bonds is 2. The van der Waals surface area contributed by atoms with Crippen LogP contribution in [-0.2, 0) is 11.2 Å². The summed E-state index contributed by atoms with van der Waals surface area (Å²) in [6.45, 7) is 4.85. The van der Waals surface area contributed by atoms with E-state index in [2.05, 4.69) is 26.0 Å². The van der Waals surface area contributed by atoms with Crippen molar-refractivity contribution in [1.82, 2.24) is 0 Å². The average molecular weight is 233 g/mol. The lowest BCUT2D eigenvalue weighted by atomic mass is 10.0. The Morgan fingerprint density at radius 2 is 2.18 bits per heavy atom. The maximum atomic E-state index is 11.8. The molecule has 0 N–H and O–H groups in total. The molecule has 92 valence electrons. The predicted octanol–water partition coefficient (Wildman–Crippen LogP) is 2.63. The molecule has 0 unspecified atom stereocenters. The first-order valence-electron chi connectivity index (χ1n) is 6.10. The van der Waals surface area contributed by atoms with Crippen LogP contribution in [0.4, 0.5) is 5.69 Å². The molecule has 2 rings (SSSR count). The zero-order valence-electron chi connectivity index (χ0n) is 10.7. The highest BCUT2D eigenvalue weighted by molar-refractivity contribution is 5.95. The molecule has 0 saturated heterocycles. The molecule has 3 nitrogen and oxygen atoms in total. The van der Waals surface area contributed by atoms with Crippen molar-refractivity contribution in [1.29, 1.82) is 0 Å². The first kappa shape index (κ1) is 12.0. The third kappa shape index (κ3) is 2.60. The third-order valence-electron chi connectivity index (χ3n) is 2.98. The van der Waals surface area contributed by atoms with Gasteiger partial charge in [0.05, 0.1) is 18.7 Å². The van der Waals surface area contributed by atoms with Crippen molar-refractivity contribution in [2.24, 2.45) is 5.92 Å². The number of carbonyl (C=O) groups excluding carboxylic acids is 1. The van der Waals surface area contributed by atoms with E-state index in [-0.39, 0.29) is 5.91 Å². The van der Waals surface area contributed by atoms with Crippen LogP contribution in [0.3, 0.4) is 0 Å². The average Bonchev–Trinajstić information content (AvgIpc) is 2.40. The third-order valence-corrected chi connectivity index (χ3v) is 2.98. The summed E-state index contributed by atoms with van der Waals surface area (Å²) < 4.78 is 5.59. The largest absolute Gasteiger partial charge is 0.491 e. The van der Waals surface area contributed by atoms with Crippen molar-refractivity contribution in [3.05, 3.63) is 23.8 Å². The number of nitrogens with zero attached hydrogens (tertiary/aromatic N) is 1. The molecule has 0 saturated carbocycles. The van der Waals surface area contributed by atoms with Crippen LogP contribution in [0, 0.1) is 5.92 Å². The minimum atomic E-state index is 0.116. The molecule has 1 aromatic rings. The molecule has 0 bridgehead atoms. The highest BCUT2D eigenvalue weighted by Gasteiger charge is 2.20. The first-order valence-corrected chi connectivity index (χ1v) is 6.10. The van der Waals surface area contributed by atoms with Gasteiger partial charge < -0.3 is 9.64 Å². The van der Waals surface area contributed by atoms with E-state index in [4.69, 9.17) is 4.74 Å². The van der Waals surface area contributed by atoms with Gasteiger partial charge in [-0.1, -0.05) is 19.9 Å². The number of benzene rings is 1. The first-order chi connectivity index (χ1) is 8.08. The van der Waals surface area contributed by atoms with Crippen molar-refractivity contribution in [3.8, 4) is 5.75 Å². The molecule has 17 heavy (non-hydrogen) atoms. The standard InChI is InChI=1S/C14H19NO2/c1-10(2)8-11-4-5-13-12(9-11)15(3)14(16)6-7-17-13/h4-5,9-10H,6-8H2,1-3H3. The molecular weight excluding hydrogens is 214 g/mol. The second-order valence-corrected chi connectivity index (χ2v) is 4.95. The van der Waals surface area contributed by atoms with Crippen molar-refractivity contribution < 1.29 is 9.53 Å². The molecule has 1 aliphatic rings. The maximum Gasteiger partial charge on any atom is 0.230 e. The zero-order chi connectivity index (χ0) is 12.4. The summed E-state index contributed by atoms with van der Waals surface area (Å²) in [5.41, 5.74) is 2.15. The Morgan fingerprint density at radius 1 is 1.41 bits per heavy atom. The molecule has 1 aromatic carbocycles. The Kier molecular flexibility index (Phi) is 3.36. The van der Waals surface area contributed by atoms with Crippen LogP contribution in [-0.4, -0.2) is 19.6 Å². The molecule has 0 fully saturated rings. The van der Waals surface area contributed by atoms with Crippen molar-refractivity contribution in [2.75, 3.05) is 18.6 Å². The van der Waals surface area contributed by atoms with Crippen LogP contribution in [0.1, 0.15) is 25.8 Å². The Bertz CT molecular complexity index is 426. The summed E-state index contributed by atoms with van der Waals surface area (Å²) in [6, 6.07) is 6.13. The van der Waals surface area contributed by atoms with Crippen LogP contribution >= 0.6 is 0 Å². The molecule has 0 aliphatic carbocycles. The zero-order valence-corrected chi connectivity index (χ0v) is 10.7. The van der Waals surface area contributed by atoms with E-state index < -0.39 is 0 Å². The molecule has 0 aromatic heterocycles. The van der Waals surface area contributed by atoms with Crippen LogP contribution in [0.5, 0.6) is 5.75 Å². The summed E-state index contributed by atoms with van der Waals surface area (Å²) in [4.78, 5) is 13.5. The van der Waals surface area contributed by atoms with Crippen LogP contribution in [0.25, 0.3) is 0 Å². The highest BCUT2D eigenvalue weighted by atomic mass is 16.5. The molecule has 0 atom stereocenters. The number of hydrogen-bond acceptors (Lipinski definition) is 2. The molecule has 3 heteroatoms. The fourth-order valence-corrected chi connectivity index (χ4v) is 2.10. The van der Waals surface area contributed by atoms with Gasteiger partial charge in [-0.3, -0.25) is 4.79 Å². The van der Waals surface area contributed by atoms with Gasteiger partial charge in [0.1, 0.15) is 5.75 Å². The van der Waals surface area contributed by atoms with Crippen molar-refractivity contribution in [2.45, 2.75) is 26.7 Å². The number of ether oxygens (including phenoxy) is 1. The molecular formula is C14H19NO2. The minimum Gasteiger partial charge on any atom is -0.491 e. The Hall–Kier alpha value is -1.51. The topological polar surface area (TPSA) is 29.5 Å². The predicted molar refractivity (Wildman–Crippen MR) is 68.5 cm³/mol. The molecule has 0 spiro atoms. The normalized spacial score (nSPS) is 15.5. The van der Waals surface area contributed by atoms with Gasteiger partial charge in [-0.05, 0) is 30.0 Å². The van der Waals surface area contributed by atoms with Gasteiger partial charge in [0.2, 0.25) is 5.91 Å². The van der Waals surface area contributed by atoms with Gasteiger partial charge in [-0.2, -0.15) is 0 Å². The van der Waals surface area contributed by atoms with Crippen LogP contribution < -0.4 is 9.64 Å². The number of hydrogen-bond donors (Lipinski definition) is 0. The summed E-state index contributed by atoms with van der Waals surface area (Å²) in [5.74, 6) is 1.54. The Morgan fingerprint density at radius 3 is 2.88 bits per heavy atom. The van der Waals surface area contributed by atoms with E-state index in [1.807, 2.05) is 13.1 Å². The van der Waals surface area contributed by atoms with Gasteiger partial charge in [0.25, 0.3) is 0 Å². The number of carbonyl (C=O) groups is 1. The smallest absolute Gasteiger partial charge is 0.230 e. The quantitative estimate of drug-likeness (QED) is 0.786. The van der Waals surface area contributed by atoms with E-state index >= 15 is 0 Å². The Balaban J connectivity index is 2.35. The molecule has 1 aliphatic heterocycles. The van der Waals surface area contributed by atoms with Crippen molar-refractivity contribution in [3.63, 3.8) is 0 Å². The fraction of sp³-hybridized carbons (Fsp3) is 0.500. The van der Waals surface area contributed by atoms with Crippen LogP contribution in [0.15, 0.2) is 18.2 Å².